The summed E-state index contributed by atoms with van der Waals surface area (Å²) in [5.41, 5.74) is 6.20. The Kier molecular flexibility index (Phi) is 2.99. The molecule has 0 fully saturated rings. The van der Waals surface area contributed by atoms with Gasteiger partial charge >= 0.3 is 0 Å². The molecule has 3 aromatic carbocycles. The zero-order chi connectivity index (χ0) is 16.1. The average Bonchev–Trinajstić information content (AvgIpc) is 3.22. The minimum Gasteiger partial charge on any atom is -0.345 e. The van der Waals surface area contributed by atoms with Gasteiger partial charge in [-0.2, -0.15) is 0 Å². The lowest BCUT2D eigenvalue weighted by atomic mass is 9.99. The minimum absolute atomic E-state index is 0.0484. The first-order chi connectivity index (χ1) is 11.8. The second-order valence-electron chi connectivity index (χ2n) is 6.88. The Morgan fingerprint density at radius 3 is 2.54 bits per heavy atom. The van der Waals surface area contributed by atoms with Crippen LogP contribution in [0.15, 0.2) is 54.6 Å². The molecule has 0 saturated carbocycles. The second kappa shape index (κ2) is 5.20. The molecule has 0 heterocycles. The van der Waals surface area contributed by atoms with E-state index < -0.39 is 0 Å². The molecule has 0 radical (unpaired) electrons. The summed E-state index contributed by atoms with van der Waals surface area (Å²) in [4.78, 5) is 13.0. The van der Waals surface area contributed by atoms with Gasteiger partial charge in [-0.15, -0.1) is 0 Å². The molecule has 0 aromatic heterocycles. The molecule has 5 rings (SSSR count). The van der Waals surface area contributed by atoms with Crippen molar-refractivity contribution in [1.82, 2.24) is 5.32 Å². The molecular formula is C22H19NO. The lowest BCUT2D eigenvalue weighted by molar-refractivity contribution is 0.0938. The highest BCUT2D eigenvalue weighted by Gasteiger charge is 2.25. The van der Waals surface area contributed by atoms with E-state index in [2.05, 4.69) is 53.8 Å². The summed E-state index contributed by atoms with van der Waals surface area (Å²) in [7, 11) is 0. The van der Waals surface area contributed by atoms with Crippen LogP contribution in [0.25, 0.3) is 10.8 Å². The molecule has 2 nitrogen and oxygen atoms in total. The third-order valence-corrected chi connectivity index (χ3v) is 5.56. The molecule has 0 aliphatic heterocycles. The SMILES string of the molecule is O=C(NC1CCc2ccccc21)c1ccc2c3c(cccc13)CC2. The van der Waals surface area contributed by atoms with Gasteiger partial charge in [-0.3, -0.25) is 4.79 Å². The Morgan fingerprint density at radius 1 is 0.833 bits per heavy atom. The Hall–Kier alpha value is -2.61. The Bertz CT molecular complexity index is 963. The van der Waals surface area contributed by atoms with E-state index in [0.717, 1.165) is 36.6 Å². The summed E-state index contributed by atoms with van der Waals surface area (Å²) < 4.78 is 0. The number of amides is 1. The maximum atomic E-state index is 13.0. The summed E-state index contributed by atoms with van der Waals surface area (Å²) in [6, 6.07) is 19.1. The van der Waals surface area contributed by atoms with Gasteiger partial charge in [-0.25, -0.2) is 0 Å². The molecule has 1 atom stereocenters. The molecule has 0 spiro atoms. The van der Waals surface area contributed by atoms with E-state index in [0.29, 0.717) is 0 Å². The van der Waals surface area contributed by atoms with Crippen molar-refractivity contribution in [2.24, 2.45) is 0 Å². The maximum Gasteiger partial charge on any atom is 0.252 e. The lowest BCUT2D eigenvalue weighted by Gasteiger charge is -2.15. The van der Waals surface area contributed by atoms with Gasteiger partial charge in [0.25, 0.3) is 5.91 Å². The highest BCUT2D eigenvalue weighted by molar-refractivity contribution is 6.09. The molecule has 1 N–H and O–H groups in total. The van der Waals surface area contributed by atoms with E-state index >= 15 is 0 Å². The van der Waals surface area contributed by atoms with Crippen molar-refractivity contribution >= 4 is 16.7 Å². The van der Waals surface area contributed by atoms with E-state index in [4.69, 9.17) is 0 Å². The van der Waals surface area contributed by atoms with Gasteiger partial charge in [0.15, 0.2) is 0 Å². The number of benzene rings is 3. The molecule has 0 bridgehead atoms. The van der Waals surface area contributed by atoms with Crippen molar-refractivity contribution in [3.05, 3.63) is 82.4 Å². The van der Waals surface area contributed by atoms with Crippen molar-refractivity contribution in [2.75, 3.05) is 0 Å². The van der Waals surface area contributed by atoms with Crippen LogP contribution < -0.4 is 5.32 Å². The van der Waals surface area contributed by atoms with E-state index in [9.17, 15) is 4.79 Å². The zero-order valence-corrected chi connectivity index (χ0v) is 13.5. The number of rotatable bonds is 2. The fourth-order valence-electron chi connectivity index (χ4n) is 4.39. The topological polar surface area (TPSA) is 29.1 Å². The lowest BCUT2D eigenvalue weighted by Crippen LogP contribution is -2.27. The average molecular weight is 313 g/mol. The quantitative estimate of drug-likeness (QED) is 0.748. The van der Waals surface area contributed by atoms with Crippen molar-refractivity contribution in [3.63, 3.8) is 0 Å². The molecule has 24 heavy (non-hydrogen) atoms. The van der Waals surface area contributed by atoms with Crippen LogP contribution in [0.3, 0.4) is 0 Å². The summed E-state index contributed by atoms with van der Waals surface area (Å²) in [5.74, 6) is 0.0484. The largest absolute Gasteiger partial charge is 0.345 e. The Labute approximate surface area is 141 Å². The van der Waals surface area contributed by atoms with Crippen LogP contribution in [0.4, 0.5) is 0 Å². The minimum atomic E-state index is 0.0484. The molecule has 0 saturated heterocycles. The smallest absolute Gasteiger partial charge is 0.252 e. The molecule has 2 heteroatoms. The number of fused-ring (bicyclic) bond motifs is 1. The van der Waals surface area contributed by atoms with Gasteiger partial charge < -0.3 is 5.32 Å². The third kappa shape index (κ3) is 1.99. The zero-order valence-electron chi connectivity index (χ0n) is 13.5. The number of carbonyl (C=O) groups excluding carboxylic acids is 1. The van der Waals surface area contributed by atoms with Gasteiger partial charge in [0.05, 0.1) is 6.04 Å². The summed E-state index contributed by atoms with van der Waals surface area (Å²) in [5, 5.41) is 5.67. The summed E-state index contributed by atoms with van der Waals surface area (Å²) in [6.45, 7) is 0. The van der Waals surface area contributed by atoms with Crippen molar-refractivity contribution < 1.29 is 4.79 Å². The number of carbonyl (C=O) groups is 1. The number of aryl methyl sites for hydroxylation is 3. The van der Waals surface area contributed by atoms with Crippen molar-refractivity contribution in [3.8, 4) is 0 Å². The highest BCUT2D eigenvalue weighted by atomic mass is 16.1. The van der Waals surface area contributed by atoms with Crippen LogP contribution in [0.5, 0.6) is 0 Å². The van der Waals surface area contributed by atoms with Gasteiger partial charge in [-0.05, 0) is 64.8 Å². The normalized spacial score (nSPS) is 17.9. The van der Waals surface area contributed by atoms with Crippen LogP contribution in [0, 0.1) is 0 Å². The fourth-order valence-corrected chi connectivity index (χ4v) is 4.39. The van der Waals surface area contributed by atoms with Crippen LogP contribution in [0.2, 0.25) is 0 Å². The Balaban J connectivity index is 1.52. The van der Waals surface area contributed by atoms with E-state index in [1.807, 2.05) is 6.07 Å². The summed E-state index contributed by atoms with van der Waals surface area (Å²) >= 11 is 0. The number of nitrogens with one attached hydrogen (secondary N) is 1. The first kappa shape index (κ1) is 13.8. The van der Waals surface area contributed by atoms with E-state index in [1.54, 1.807) is 0 Å². The Morgan fingerprint density at radius 2 is 1.62 bits per heavy atom. The monoisotopic (exact) mass is 313 g/mol. The molecule has 2 aliphatic rings. The van der Waals surface area contributed by atoms with Crippen LogP contribution in [-0.2, 0) is 19.3 Å². The van der Waals surface area contributed by atoms with E-state index in [-0.39, 0.29) is 11.9 Å². The van der Waals surface area contributed by atoms with Gasteiger partial charge in [0.2, 0.25) is 0 Å². The first-order valence-electron chi connectivity index (χ1n) is 8.73. The molecule has 1 amide bonds. The molecule has 2 aliphatic carbocycles. The second-order valence-corrected chi connectivity index (χ2v) is 6.88. The standard InChI is InChI=1S/C22H19NO/c24-22(23-20-13-11-14-4-1-2-6-17(14)20)19-12-10-16-9-8-15-5-3-7-18(19)21(15)16/h1-7,10,12,20H,8-9,11,13H2,(H,23,24). The molecule has 118 valence electrons. The van der Waals surface area contributed by atoms with Crippen LogP contribution in [0.1, 0.15) is 45.1 Å². The van der Waals surface area contributed by atoms with Gasteiger partial charge in [0.1, 0.15) is 0 Å². The third-order valence-electron chi connectivity index (χ3n) is 5.56. The summed E-state index contributed by atoms with van der Waals surface area (Å²) in [6.07, 6.45) is 4.22. The predicted octanol–water partition coefficient (Wildman–Crippen LogP) is 4.36. The first-order valence-corrected chi connectivity index (χ1v) is 8.73. The molecule has 3 aromatic rings. The number of hydrogen-bond acceptors (Lipinski definition) is 1. The maximum absolute atomic E-state index is 13.0. The fraction of sp³-hybridized carbons (Fsp3) is 0.227. The van der Waals surface area contributed by atoms with Gasteiger partial charge in [-0.1, -0.05) is 48.5 Å². The van der Waals surface area contributed by atoms with Crippen molar-refractivity contribution in [2.45, 2.75) is 31.7 Å². The van der Waals surface area contributed by atoms with Gasteiger partial charge in [0, 0.05) is 5.56 Å². The molecule has 1 unspecified atom stereocenters. The van der Waals surface area contributed by atoms with Crippen LogP contribution in [-0.4, -0.2) is 5.91 Å². The highest BCUT2D eigenvalue weighted by Crippen LogP contribution is 2.34. The van der Waals surface area contributed by atoms with Crippen molar-refractivity contribution in [1.29, 1.82) is 0 Å². The van der Waals surface area contributed by atoms with Crippen LogP contribution >= 0.6 is 0 Å². The molecular weight excluding hydrogens is 294 g/mol. The predicted molar refractivity (Wildman–Crippen MR) is 96.3 cm³/mol. The number of hydrogen-bond donors (Lipinski definition) is 1. The van der Waals surface area contributed by atoms with E-state index in [1.165, 1.54) is 27.6 Å².